The van der Waals surface area contributed by atoms with Gasteiger partial charge < -0.3 is 10.0 Å². The van der Waals surface area contributed by atoms with Crippen molar-refractivity contribution in [1.29, 1.82) is 0 Å². The molecular weight excluding hydrogens is 585 g/mol. The van der Waals surface area contributed by atoms with Gasteiger partial charge >= 0.3 is 0 Å². The Morgan fingerprint density at radius 2 is 1.66 bits per heavy atom. The zero-order chi connectivity index (χ0) is 30.7. The lowest BCUT2D eigenvalue weighted by atomic mass is 10.0. The lowest BCUT2D eigenvalue weighted by molar-refractivity contribution is -0.296. The van der Waals surface area contributed by atoms with Crippen molar-refractivity contribution in [2.45, 2.75) is 9.79 Å². The molecule has 3 aromatic rings. The van der Waals surface area contributed by atoms with Crippen LogP contribution in [0.25, 0.3) is 38.8 Å². The van der Waals surface area contributed by atoms with Crippen molar-refractivity contribution >= 4 is 68.7 Å². The molecule has 0 saturated heterocycles. The quantitative estimate of drug-likeness (QED) is 0.131. The minimum atomic E-state index is -0.761. The van der Waals surface area contributed by atoms with Crippen molar-refractivity contribution in [2.24, 2.45) is 0 Å². The minimum Gasteiger partial charge on any atom is -0.871 e. The van der Waals surface area contributed by atoms with E-state index in [1.807, 2.05) is 64.6 Å². The fourth-order valence-electron chi connectivity index (χ4n) is 5.60. The van der Waals surface area contributed by atoms with Crippen LogP contribution in [0.5, 0.6) is 0 Å². The molecule has 44 heavy (non-hydrogen) atoms. The van der Waals surface area contributed by atoms with Gasteiger partial charge in [0.2, 0.25) is 16.9 Å². The van der Waals surface area contributed by atoms with Crippen molar-refractivity contribution in [3.8, 4) is 10.4 Å². The molecule has 2 heterocycles. The Bertz CT molecular complexity index is 2300. The van der Waals surface area contributed by atoms with Crippen LogP contribution < -0.4 is 30.4 Å². The summed E-state index contributed by atoms with van der Waals surface area (Å²) in [4.78, 5) is 31.8. The molecule has 0 unspecified atom stereocenters. The summed E-state index contributed by atoms with van der Waals surface area (Å²) in [7, 11) is 8.06. The number of hydrogen-bond donors (Lipinski definition) is 0. The molecule has 0 bridgehead atoms. The first kappa shape index (κ1) is 28.1. The summed E-state index contributed by atoms with van der Waals surface area (Å²) in [6.45, 7) is 0. The van der Waals surface area contributed by atoms with E-state index in [2.05, 4.69) is 58.0 Å². The van der Waals surface area contributed by atoms with Crippen LogP contribution in [0.15, 0.2) is 106 Å². The van der Waals surface area contributed by atoms with Gasteiger partial charge in [-0.05, 0) is 87.1 Å². The molecule has 4 aliphatic rings. The second-order valence-corrected chi connectivity index (χ2v) is 13.5. The van der Waals surface area contributed by atoms with Gasteiger partial charge in [0.25, 0.3) is 0 Å². The van der Waals surface area contributed by atoms with Crippen LogP contribution in [0.2, 0.25) is 0 Å². The fraction of sp³-hybridized carbons (Fsp3) is 0.108. The molecule has 7 heteroatoms. The second-order valence-electron chi connectivity index (χ2n) is 11.3. The molecule has 0 saturated carbocycles. The summed E-state index contributed by atoms with van der Waals surface area (Å²) in [6.07, 6.45) is 5.25. The first-order chi connectivity index (χ1) is 21.2. The molecule has 0 amide bonds. The molecule has 216 valence electrons. The highest BCUT2D eigenvalue weighted by Gasteiger charge is 2.30. The molecule has 0 N–H and O–H groups in total. The Hall–Kier alpha value is -4.72. The molecule has 0 atom stereocenters. The highest BCUT2D eigenvalue weighted by molar-refractivity contribution is 7.99. The Morgan fingerprint density at radius 1 is 0.841 bits per heavy atom. The largest absolute Gasteiger partial charge is 0.871 e. The smallest absolute Gasteiger partial charge is 0.232 e. The van der Waals surface area contributed by atoms with Crippen LogP contribution >= 0.6 is 23.1 Å². The SMILES string of the molecule is CN(C)c1ccc2c(c1)Sc1ccc/c(=C/C3=C([O-])C(=C/c4cccc5sc6cc(=[N+](C)C)ccc-6cc45)/C(=O)C3=O)c1=C2. The predicted molar refractivity (Wildman–Crippen MR) is 179 cm³/mol. The van der Waals surface area contributed by atoms with Crippen LogP contribution in [0.4, 0.5) is 5.69 Å². The maximum Gasteiger partial charge on any atom is 0.232 e. The molecular formula is C37H28N2O3S2. The number of carbonyl (C=O) groups excluding carboxylic acids is 2. The van der Waals surface area contributed by atoms with Crippen LogP contribution in [-0.2, 0) is 9.59 Å². The number of Topliss-reactive ketones (excluding diaryl/α,β-unsaturated/α-hetero) is 2. The van der Waals surface area contributed by atoms with Crippen LogP contribution in [0.1, 0.15) is 11.1 Å². The lowest BCUT2D eigenvalue weighted by Gasteiger charge is -2.18. The van der Waals surface area contributed by atoms with Crippen molar-refractivity contribution < 1.29 is 14.7 Å². The molecule has 2 aliphatic carbocycles. The average Bonchev–Trinajstić information content (AvgIpc) is 3.21. The Morgan fingerprint density at radius 3 is 2.45 bits per heavy atom. The van der Waals surface area contributed by atoms with Crippen LogP contribution in [0.3, 0.4) is 0 Å². The van der Waals surface area contributed by atoms with E-state index in [1.165, 1.54) is 0 Å². The molecule has 0 spiro atoms. The van der Waals surface area contributed by atoms with E-state index in [4.69, 9.17) is 0 Å². The van der Waals surface area contributed by atoms with Crippen molar-refractivity contribution in [3.63, 3.8) is 0 Å². The Balaban J connectivity index is 1.35. The van der Waals surface area contributed by atoms with E-state index in [0.717, 1.165) is 62.9 Å². The molecule has 7 rings (SSSR count). The summed E-state index contributed by atoms with van der Waals surface area (Å²) in [5.41, 5.74) is 3.81. The highest BCUT2D eigenvalue weighted by Crippen LogP contribution is 2.36. The zero-order valence-corrected chi connectivity index (χ0v) is 26.3. The lowest BCUT2D eigenvalue weighted by Crippen LogP contribution is -2.29. The first-order valence-electron chi connectivity index (χ1n) is 14.2. The van der Waals surface area contributed by atoms with E-state index in [0.29, 0.717) is 0 Å². The number of nitrogens with zero attached hydrogens (tertiary/aromatic N) is 2. The van der Waals surface area contributed by atoms with Crippen molar-refractivity contribution in [2.75, 3.05) is 33.1 Å². The maximum absolute atomic E-state index is 13.7. The number of fused-ring (bicyclic) bond motifs is 4. The van der Waals surface area contributed by atoms with Gasteiger partial charge in [0, 0.05) is 62.4 Å². The van der Waals surface area contributed by atoms with Gasteiger partial charge in [0.05, 0.1) is 0 Å². The third-order valence-electron chi connectivity index (χ3n) is 8.05. The molecule has 0 aromatic heterocycles. The minimum absolute atomic E-state index is 0.0912. The van der Waals surface area contributed by atoms with Crippen LogP contribution in [-0.4, -0.2) is 39.8 Å². The second kappa shape index (κ2) is 10.8. The van der Waals surface area contributed by atoms with Gasteiger partial charge in [-0.25, -0.2) is 4.58 Å². The Kier molecular flexibility index (Phi) is 6.87. The summed E-state index contributed by atoms with van der Waals surface area (Å²) >= 11 is 3.32. The molecule has 0 radical (unpaired) electrons. The normalized spacial score (nSPS) is 15.6. The first-order valence-corrected chi connectivity index (χ1v) is 15.8. The number of ketones is 2. The molecule has 5 nitrogen and oxygen atoms in total. The van der Waals surface area contributed by atoms with E-state index in [9.17, 15) is 14.7 Å². The molecule has 3 aromatic carbocycles. The standard InChI is InChI=1S/C37H28N2O3S2/c1-38(2)25-13-11-23-17-27-21(7-5-9-31(27)43-33(23)19-25)15-29-35(40)30(37(42)36(29)41)16-22-8-6-10-32-28(22)18-24-12-14-26(39(3)4)20-34(24)44-32/h5-20H,1-4H3. The number of anilines is 1. The van der Waals surface area contributed by atoms with Gasteiger partial charge in [0.15, 0.2) is 0 Å². The van der Waals surface area contributed by atoms with Crippen molar-refractivity contribution in [3.05, 3.63) is 123 Å². The molecule has 2 aliphatic heterocycles. The van der Waals surface area contributed by atoms with Gasteiger partial charge in [-0.2, -0.15) is 0 Å². The number of allylic oxidation sites excluding steroid dienone is 2. The fourth-order valence-corrected chi connectivity index (χ4v) is 7.78. The summed E-state index contributed by atoms with van der Waals surface area (Å²) in [5, 5.41) is 17.4. The predicted octanol–water partition coefficient (Wildman–Crippen LogP) is 4.03. The molecule has 0 fully saturated rings. The third-order valence-corrected chi connectivity index (χ3v) is 10.3. The maximum atomic E-state index is 13.7. The van der Waals surface area contributed by atoms with Gasteiger partial charge in [-0.3, -0.25) is 9.59 Å². The number of carbonyl (C=O) groups is 2. The van der Waals surface area contributed by atoms with Gasteiger partial charge in [-0.1, -0.05) is 47.9 Å². The topological polar surface area (TPSA) is 63.4 Å². The zero-order valence-electron chi connectivity index (χ0n) is 24.7. The van der Waals surface area contributed by atoms with E-state index >= 15 is 0 Å². The summed E-state index contributed by atoms with van der Waals surface area (Å²) < 4.78 is 3.10. The van der Waals surface area contributed by atoms with Gasteiger partial charge in [0.1, 0.15) is 14.1 Å². The van der Waals surface area contributed by atoms with E-state index in [1.54, 1.807) is 35.3 Å². The monoisotopic (exact) mass is 612 g/mol. The highest BCUT2D eigenvalue weighted by atomic mass is 32.2. The summed E-state index contributed by atoms with van der Waals surface area (Å²) in [5.74, 6) is -2.06. The van der Waals surface area contributed by atoms with Crippen LogP contribution in [0, 0.1) is 0 Å². The number of rotatable bonds is 3. The van der Waals surface area contributed by atoms with Crippen molar-refractivity contribution in [1.82, 2.24) is 4.58 Å². The third kappa shape index (κ3) is 4.78. The van der Waals surface area contributed by atoms with Gasteiger partial charge in [-0.15, -0.1) is 11.3 Å². The number of hydrogen-bond acceptors (Lipinski definition) is 6. The number of benzene rings is 4. The Labute approximate surface area is 263 Å². The average molecular weight is 613 g/mol. The van der Waals surface area contributed by atoms with E-state index < -0.39 is 17.3 Å². The van der Waals surface area contributed by atoms with E-state index in [-0.39, 0.29) is 11.1 Å². The summed E-state index contributed by atoms with van der Waals surface area (Å²) in [6, 6.07) is 26.4.